The number of aliphatic hydroxyl groups excluding tert-OH is 1. The van der Waals surface area contributed by atoms with Crippen molar-refractivity contribution in [2.45, 2.75) is 290 Å². The highest BCUT2D eigenvalue weighted by Gasteiger charge is 2.28. The number of aliphatic hydroxyl groups is 1. The number of hydrogen-bond donors (Lipinski definition) is 2. The van der Waals surface area contributed by atoms with Crippen LogP contribution in [0.5, 0.6) is 0 Å². The number of esters is 3. The monoisotopic (exact) mass is 1110 g/mol. The largest absolute Gasteiger partial charge is 0.472 e. The van der Waals surface area contributed by atoms with E-state index in [9.17, 15) is 28.9 Å². The number of allylic oxidation sites excluding steroid dienone is 14. The topological polar surface area (TPSA) is 155 Å². The Balaban J connectivity index is 4.80. The first-order chi connectivity index (χ1) is 38.2. The fourth-order valence-corrected chi connectivity index (χ4v) is 9.34. The van der Waals surface area contributed by atoms with Gasteiger partial charge in [-0.25, -0.2) is 4.57 Å². The smallest absolute Gasteiger partial charge is 0.462 e. The molecule has 0 saturated carbocycles. The van der Waals surface area contributed by atoms with Crippen LogP contribution in [0.15, 0.2) is 85.1 Å². The summed E-state index contributed by atoms with van der Waals surface area (Å²) in [6, 6.07) is 0. The van der Waals surface area contributed by atoms with Crippen molar-refractivity contribution in [3.05, 3.63) is 85.1 Å². The third-order valence-electron chi connectivity index (χ3n) is 13.3. The molecule has 0 saturated heterocycles. The minimum Gasteiger partial charge on any atom is -0.462 e. The van der Waals surface area contributed by atoms with E-state index in [1.54, 1.807) is 0 Å². The van der Waals surface area contributed by atoms with Gasteiger partial charge in [0, 0.05) is 19.3 Å². The molecule has 0 fully saturated rings. The summed E-state index contributed by atoms with van der Waals surface area (Å²) in [5.74, 6) is -1.56. The molecule has 0 aliphatic carbocycles. The normalized spacial score (nSPS) is 13.9. The number of hydrogen-bond acceptors (Lipinski definition) is 10. The van der Waals surface area contributed by atoms with Crippen molar-refractivity contribution in [1.29, 1.82) is 0 Å². The summed E-state index contributed by atoms with van der Waals surface area (Å²) in [7, 11) is -4.77. The Bertz CT molecular complexity index is 1630. The molecule has 0 bridgehead atoms. The summed E-state index contributed by atoms with van der Waals surface area (Å²) in [5.41, 5.74) is 0. The van der Waals surface area contributed by atoms with Gasteiger partial charge in [-0.15, -0.1) is 0 Å². The van der Waals surface area contributed by atoms with Gasteiger partial charge in [0.2, 0.25) is 0 Å². The van der Waals surface area contributed by atoms with E-state index in [4.69, 9.17) is 23.3 Å². The summed E-state index contributed by atoms with van der Waals surface area (Å²) in [6.45, 7) is 4.47. The molecule has 11 nitrogen and oxygen atoms in total. The number of carbonyl (C=O) groups excluding carboxylic acids is 3. The Morgan fingerprint density at radius 3 is 1.08 bits per heavy atom. The second-order valence-corrected chi connectivity index (χ2v) is 22.3. The van der Waals surface area contributed by atoms with Gasteiger partial charge in [-0.1, -0.05) is 260 Å². The first kappa shape index (κ1) is 74.7. The number of unbranched alkanes of at least 4 members (excludes halogenated alkanes) is 27. The van der Waals surface area contributed by atoms with Crippen molar-refractivity contribution in [3.63, 3.8) is 0 Å². The lowest BCUT2D eigenvalue weighted by atomic mass is 10.0. The highest BCUT2D eigenvalue weighted by molar-refractivity contribution is 7.47. The van der Waals surface area contributed by atoms with Crippen molar-refractivity contribution in [2.24, 2.45) is 0 Å². The molecule has 0 aliphatic rings. The SMILES string of the molecule is CC/C=C\C/C=C\C/C=C\C/C=C\C/C=C\C/C=C\CCC(=O)OCC(COP(=O)(O)OCC(CO)OC(=O)CCCCCCCCCCCCCCC)OC(=O)CCCCCCCCCCC/C=C\CCCCCCCC. The Labute approximate surface area is 477 Å². The van der Waals surface area contributed by atoms with Crippen LogP contribution in [0.3, 0.4) is 0 Å². The van der Waals surface area contributed by atoms with E-state index in [0.29, 0.717) is 19.3 Å². The van der Waals surface area contributed by atoms with Crippen molar-refractivity contribution >= 4 is 25.7 Å². The molecular weight excluding hydrogens is 1000 g/mol. The molecule has 3 unspecified atom stereocenters. The fourth-order valence-electron chi connectivity index (χ4n) is 8.55. The van der Waals surface area contributed by atoms with Crippen LogP contribution >= 0.6 is 7.82 Å². The number of phosphoric ester groups is 1. The van der Waals surface area contributed by atoms with E-state index in [-0.39, 0.29) is 25.9 Å². The van der Waals surface area contributed by atoms with Crippen LogP contribution in [0, 0.1) is 0 Å². The summed E-state index contributed by atoms with van der Waals surface area (Å²) in [5, 5.41) is 9.83. The highest BCUT2D eigenvalue weighted by Crippen LogP contribution is 2.43. The van der Waals surface area contributed by atoms with Gasteiger partial charge < -0.3 is 24.2 Å². The molecule has 0 amide bonds. The van der Waals surface area contributed by atoms with Gasteiger partial charge in [0.05, 0.1) is 19.8 Å². The van der Waals surface area contributed by atoms with E-state index >= 15 is 0 Å². The lowest BCUT2D eigenvalue weighted by Gasteiger charge is -2.21. The predicted octanol–water partition coefficient (Wildman–Crippen LogP) is 19.0. The molecule has 2 N–H and O–H groups in total. The van der Waals surface area contributed by atoms with Crippen LogP contribution in [0.2, 0.25) is 0 Å². The maximum atomic E-state index is 12.9. The van der Waals surface area contributed by atoms with Gasteiger partial charge in [-0.3, -0.25) is 23.4 Å². The second kappa shape index (κ2) is 59.8. The van der Waals surface area contributed by atoms with Crippen LogP contribution in [-0.4, -0.2) is 66.5 Å². The molecular formula is C66H115O11P. The lowest BCUT2D eigenvalue weighted by Crippen LogP contribution is -2.30. The average molecular weight is 1120 g/mol. The van der Waals surface area contributed by atoms with Crippen LogP contribution in [0.25, 0.3) is 0 Å². The van der Waals surface area contributed by atoms with E-state index in [0.717, 1.165) is 77.0 Å². The van der Waals surface area contributed by atoms with E-state index in [2.05, 4.69) is 93.7 Å². The third kappa shape index (κ3) is 57.3. The Morgan fingerprint density at radius 1 is 0.372 bits per heavy atom. The number of rotatable bonds is 58. The number of phosphoric acid groups is 1. The molecule has 0 aromatic carbocycles. The van der Waals surface area contributed by atoms with Gasteiger partial charge >= 0.3 is 25.7 Å². The van der Waals surface area contributed by atoms with Crippen molar-refractivity contribution in [2.75, 3.05) is 26.4 Å². The minimum atomic E-state index is -4.77. The van der Waals surface area contributed by atoms with E-state index in [1.165, 1.54) is 141 Å². The van der Waals surface area contributed by atoms with Crippen molar-refractivity contribution in [1.82, 2.24) is 0 Å². The molecule has 3 atom stereocenters. The zero-order valence-electron chi connectivity index (χ0n) is 49.9. The third-order valence-corrected chi connectivity index (χ3v) is 14.3. The molecule has 12 heteroatoms. The van der Waals surface area contributed by atoms with Crippen LogP contribution in [0.1, 0.15) is 278 Å². The standard InChI is InChI=1S/C66H115O11P/c1-4-7-10-13-16-19-22-25-27-29-31-33-35-38-40-43-46-49-52-55-64(68)73-59-63(77-66(70)57-54-51-48-45-42-39-36-34-32-30-28-26-23-20-17-14-11-8-5-2)61-75-78(71,72)74-60-62(58-67)76-65(69)56-53-50-47-44-41-37-24-21-18-15-12-9-6-3/h7,10,16,19,25-28,31,33,38,40,46,49,62-63,67H,4-6,8-9,11-15,17-18,20-24,29-30,32,34-37,39,41-45,47-48,50-61H2,1-3H3,(H,71,72)/b10-7-,19-16-,27-25-,28-26-,33-31-,40-38-,49-46-. The second-order valence-electron chi connectivity index (χ2n) is 20.8. The van der Waals surface area contributed by atoms with Crippen LogP contribution < -0.4 is 0 Å². The summed E-state index contributed by atoms with van der Waals surface area (Å²) >= 11 is 0. The fraction of sp³-hybridized carbons (Fsp3) is 0.742. The lowest BCUT2D eigenvalue weighted by molar-refractivity contribution is -0.161. The van der Waals surface area contributed by atoms with Gasteiger partial charge in [0.1, 0.15) is 12.7 Å². The molecule has 0 heterocycles. The average Bonchev–Trinajstić information content (AvgIpc) is 3.43. The summed E-state index contributed by atoms with van der Waals surface area (Å²) in [4.78, 5) is 48.6. The minimum absolute atomic E-state index is 0.0998. The number of ether oxygens (including phenoxy) is 3. The molecule has 0 aliphatic heterocycles. The van der Waals surface area contributed by atoms with Gasteiger partial charge in [0.25, 0.3) is 0 Å². The number of carbonyl (C=O) groups is 3. The molecule has 0 radical (unpaired) electrons. The van der Waals surface area contributed by atoms with Crippen molar-refractivity contribution in [3.8, 4) is 0 Å². The molecule has 0 aromatic heterocycles. The first-order valence-corrected chi connectivity index (χ1v) is 33.0. The Kier molecular flexibility index (Phi) is 57.2. The predicted molar refractivity (Wildman–Crippen MR) is 325 cm³/mol. The molecule has 450 valence electrons. The summed E-state index contributed by atoms with van der Waals surface area (Å²) in [6.07, 6.45) is 69.8. The Hall–Kier alpha value is -3.34. The van der Waals surface area contributed by atoms with Gasteiger partial charge in [-0.05, 0) is 83.5 Å². The molecule has 0 spiro atoms. The quantitative estimate of drug-likeness (QED) is 0.0197. The molecule has 0 rings (SSSR count). The van der Waals surface area contributed by atoms with Gasteiger partial charge in [-0.2, -0.15) is 0 Å². The van der Waals surface area contributed by atoms with Gasteiger partial charge in [0.15, 0.2) is 6.10 Å². The first-order valence-electron chi connectivity index (χ1n) is 31.5. The Morgan fingerprint density at radius 2 is 0.692 bits per heavy atom. The van der Waals surface area contributed by atoms with E-state index in [1.807, 2.05) is 12.2 Å². The highest BCUT2D eigenvalue weighted by atomic mass is 31.2. The molecule has 0 aromatic rings. The van der Waals surface area contributed by atoms with Crippen LogP contribution in [-0.2, 0) is 42.2 Å². The van der Waals surface area contributed by atoms with E-state index < -0.39 is 57.8 Å². The zero-order chi connectivity index (χ0) is 56.9. The zero-order valence-corrected chi connectivity index (χ0v) is 50.8. The van der Waals surface area contributed by atoms with Crippen LogP contribution in [0.4, 0.5) is 0 Å². The maximum absolute atomic E-state index is 12.9. The summed E-state index contributed by atoms with van der Waals surface area (Å²) < 4.78 is 39.6. The maximum Gasteiger partial charge on any atom is 0.472 e. The van der Waals surface area contributed by atoms with Crippen molar-refractivity contribution < 1.29 is 52.2 Å². The molecule has 78 heavy (non-hydrogen) atoms.